The number of imide groups is 1. The Morgan fingerprint density at radius 3 is 2.61 bits per heavy atom. The van der Waals surface area contributed by atoms with E-state index < -0.39 is 17.8 Å². The van der Waals surface area contributed by atoms with E-state index in [9.17, 15) is 18.8 Å². The molecule has 1 aromatic heterocycles. The number of fused-ring (bicyclic) bond motifs is 2. The van der Waals surface area contributed by atoms with Crippen LogP contribution in [0.15, 0.2) is 42.6 Å². The van der Waals surface area contributed by atoms with Crippen LogP contribution in [0.2, 0.25) is 0 Å². The largest absolute Gasteiger partial charge is 0.351 e. The zero-order valence-corrected chi connectivity index (χ0v) is 20.3. The van der Waals surface area contributed by atoms with Crippen LogP contribution in [0, 0.1) is 5.82 Å². The molecule has 4 heterocycles. The number of carbonyl (C=O) groups is 3. The van der Waals surface area contributed by atoms with Crippen molar-refractivity contribution in [2.45, 2.75) is 50.7 Å². The molecule has 6 rings (SSSR count). The zero-order chi connectivity index (χ0) is 25.0. The molecule has 3 aromatic rings. The summed E-state index contributed by atoms with van der Waals surface area (Å²) in [6, 6.07) is 10.9. The predicted octanol–water partition coefficient (Wildman–Crippen LogP) is 3.46. The summed E-state index contributed by atoms with van der Waals surface area (Å²) >= 11 is 0. The van der Waals surface area contributed by atoms with Crippen molar-refractivity contribution in [3.05, 3.63) is 70.7 Å². The third kappa shape index (κ3) is 3.99. The molecule has 3 aliphatic heterocycles. The fraction of sp³-hybridized carbons (Fsp3) is 0.393. The van der Waals surface area contributed by atoms with E-state index in [2.05, 4.69) is 45.2 Å². The second-order valence-electron chi connectivity index (χ2n) is 10.3. The van der Waals surface area contributed by atoms with Gasteiger partial charge in [0.2, 0.25) is 11.8 Å². The Labute approximate surface area is 208 Å². The minimum atomic E-state index is -0.692. The normalized spacial score (nSPS) is 21.3. The van der Waals surface area contributed by atoms with E-state index in [4.69, 9.17) is 0 Å². The van der Waals surface area contributed by atoms with Gasteiger partial charge in [0.25, 0.3) is 5.91 Å². The molecule has 3 amide bonds. The van der Waals surface area contributed by atoms with Crippen molar-refractivity contribution in [1.82, 2.24) is 19.7 Å². The van der Waals surface area contributed by atoms with Crippen molar-refractivity contribution in [2.24, 2.45) is 7.05 Å². The zero-order valence-electron chi connectivity index (χ0n) is 20.3. The second-order valence-corrected chi connectivity index (χ2v) is 10.3. The van der Waals surface area contributed by atoms with Crippen molar-refractivity contribution in [3.63, 3.8) is 0 Å². The van der Waals surface area contributed by atoms with Crippen LogP contribution in [0.4, 0.5) is 4.39 Å². The Balaban J connectivity index is 1.16. The third-order valence-electron chi connectivity index (χ3n) is 8.04. The van der Waals surface area contributed by atoms with Gasteiger partial charge in [-0.3, -0.25) is 24.6 Å². The number of amides is 3. The third-order valence-corrected chi connectivity index (χ3v) is 8.04. The maximum atomic E-state index is 14.6. The van der Waals surface area contributed by atoms with E-state index in [1.165, 1.54) is 27.4 Å². The van der Waals surface area contributed by atoms with Crippen LogP contribution in [0.3, 0.4) is 0 Å². The summed E-state index contributed by atoms with van der Waals surface area (Å²) in [6.45, 7) is 2.95. The maximum absolute atomic E-state index is 14.6. The molecular weight excluding hydrogens is 459 g/mol. The van der Waals surface area contributed by atoms with E-state index in [0.717, 1.165) is 43.6 Å². The van der Waals surface area contributed by atoms with Gasteiger partial charge in [-0.15, -0.1) is 0 Å². The van der Waals surface area contributed by atoms with Gasteiger partial charge >= 0.3 is 0 Å². The number of halogens is 1. The van der Waals surface area contributed by atoms with Crippen LogP contribution in [-0.2, 0) is 29.7 Å². The highest BCUT2D eigenvalue weighted by Crippen LogP contribution is 2.38. The van der Waals surface area contributed by atoms with E-state index in [0.29, 0.717) is 12.0 Å². The van der Waals surface area contributed by atoms with E-state index >= 15 is 0 Å². The first-order chi connectivity index (χ1) is 17.4. The average Bonchev–Trinajstić information content (AvgIpc) is 3.39. The monoisotopic (exact) mass is 488 g/mol. The summed E-state index contributed by atoms with van der Waals surface area (Å²) in [5.74, 6) is -1.34. The van der Waals surface area contributed by atoms with Crippen LogP contribution in [-0.4, -0.2) is 51.2 Å². The Kier molecular flexibility index (Phi) is 5.63. The van der Waals surface area contributed by atoms with Crippen LogP contribution in [0.5, 0.6) is 0 Å². The first kappa shape index (κ1) is 22.9. The molecule has 1 unspecified atom stereocenters. The molecule has 3 aliphatic rings. The van der Waals surface area contributed by atoms with Crippen LogP contribution in [0.1, 0.15) is 58.6 Å². The topological polar surface area (TPSA) is 74.7 Å². The molecule has 0 spiro atoms. The van der Waals surface area contributed by atoms with Gasteiger partial charge in [0.15, 0.2) is 0 Å². The lowest BCUT2D eigenvalue weighted by atomic mass is 9.85. The molecule has 0 radical (unpaired) electrons. The summed E-state index contributed by atoms with van der Waals surface area (Å²) in [6.07, 6.45) is 4.35. The van der Waals surface area contributed by atoms with Gasteiger partial charge < -0.3 is 9.47 Å². The standard InChI is InChI=1S/C28H29FN4O3/c1-31-9-6-19-12-17(2-3-24(19)31)15-32-10-7-18(8-11-32)21-13-20(29)14-22-23(21)16-33(28(22)36)25-4-5-26(34)30-27(25)35/h2-3,6,9,12-14,18,25H,4-5,7-8,10-11,15-16H2,1H3,(H,30,34,35). The molecule has 0 saturated carbocycles. The van der Waals surface area contributed by atoms with Gasteiger partial charge in [0, 0.05) is 43.8 Å². The number of nitrogens with one attached hydrogen (secondary N) is 1. The number of aromatic nitrogens is 1. The van der Waals surface area contributed by atoms with Gasteiger partial charge in [0.05, 0.1) is 0 Å². The van der Waals surface area contributed by atoms with Gasteiger partial charge in [-0.05, 0) is 90.7 Å². The number of hydrogen-bond donors (Lipinski definition) is 1. The Morgan fingerprint density at radius 2 is 1.83 bits per heavy atom. The Bertz CT molecular complexity index is 1390. The highest BCUT2D eigenvalue weighted by Gasteiger charge is 2.41. The highest BCUT2D eigenvalue weighted by molar-refractivity contribution is 6.05. The van der Waals surface area contributed by atoms with Crippen LogP contribution >= 0.6 is 0 Å². The summed E-state index contributed by atoms with van der Waals surface area (Å²) in [5.41, 5.74) is 4.58. The minimum absolute atomic E-state index is 0.164. The van der Waals surface area contributed by atoms with E-state index in [1.807, 2.05) is 7.05 Å². The molecule has 2 aromatic carbocycles. The molecule has 0 bridgehead atoms. The Hall–Kier alpha value is -3.52. The molecule has 2 saturated heterocycles. The van der Waals surface area contributed by atoms with Crippen molar-refractivity contribution >= 4 is 28.6 Å². The lowest BCUT2D eigenvalue weighted by Gasteiger charge is -2.33. The first-order valence-electron chi connectivity index (χ1n) is 12.6. The molecule has 1 N–H and O–H groups in total. The molecule has 2 fully saturated rings. The molecular formula is C28H29FN4O3. The number of hydrogen-bond acceptors (Lipinski definition) is 4. The number of benzene rings is 2. The number of nitrogens with zero attached hydrogens (tertiary/aromatic N) is 3. The number of piperidine rings is 2. The summed E-state index contributed by atoms with van der Waals surface area (Å²) < 4.78 is 16.8. The minimum Gasteiger partial charge on any atom is -0.351 e. The van der Waals surface area contributed by atoms with E-state index in [-0.39, 0.29) is 30.7 Å². The predicted molar refractivity (Wildman–Crippen MR) is 133 cm³/mol. The average molecular weight is 489 g/mol. The first-order valence-corrected chi connectivity index (χ1v) is 12.6. The molecule has 36 heavy (non-hydrogen) atoms. The molecule has 186 valence electrons. The van der Waals surface area contributed by atoms with Gasteiger partial charge in [0.1, 0.15) is 11.9 Å². The smallest absolute Gasteiger partial charge is 0.255 e. The quantitative estimate of drug-likeness (QED) is 0.571. The van der Waals surface area contributed by atoms with Crippen LogP contribution < -0.4 is 5.32 Å². The van der Waals surface area contributed by atoms with Crippen molar-refractivity contribution in [2.75, 3.05) is 13.1 Å². The fourth-order valence-corrected chi connectivity index (χ4v) is 6.11. The van der Waals surface area contributed by atoms with Gasteiger partial charge in [-0.2, -0.15) is 0 Å². The van der Waals surface area contributed by atoms with Crippen molar-refractivity contribution < 1.29 is 18.8 Å². The van der Waals surface area contributed by atoms with Gasteiger partial charge in [-0.1, -0.05) is 6.07 Å². The number of aryl methyl sites for hydroxylation is 1. The number of likely N-dealkylation sites (tertiary alicyclic amines) is 1. The van der Waals surface area contributed by atoms with E-state index in [1.54, 1.807) is 6.07 Å². The van der Waals surface area contributed by atoms with Crippen LogP contribution in [0.25, 0.3) is 10.9 Å². The maximum Gasteiger partial charge on any atom is 0.255 e. The summed E-state index contributed by atoms with van der Waals surface area (Å²) in [4.78, 5) is 41.0. The summed E-state index contributed by atoms with van der Waals surface area (Å²) in [5, 5.41) is 3.57. The van der Waals surface area contributed by atoms with Gasteiger partial charge in [-0.25, -0.2) is 4.39 Å². The highest BCUT2D eigenvalue weighted by atomic mass is 19.1. The fourth-order valence-electron chi connectivity index (χ4n) is 6.11. The molecule has 1 atom stereocenters. The number of rotatable bonds is 4. The van der Waals surface area contributed by atoms with Crippen molar-refractivity contribution in [1.29, 1.82) is 0 Å². The molecule has 0 aliphatic carbocycles. The lowest BCUT2D eigenvalue weighted by Crippen LogP contribution is -2.52. The molecule has 7 nitrogen and oxygen atoms in total. The number of carbonyl (C=O) groups excluding carboxylic acids is 3. The SMILES string of the molecule is Cn1ccc2cc(CN3CCC(c4cc(F)cc5c4CN(C4CCC(=O)NC4=O)C5=O)CC3)ccc21. The van der Waals surface area contributed by atoms with Crippen molar-refractivity contribution in [3.8, 4) is 0 Å². The molecule has 8 heteroatoms. The Morgan fingerprint density at radius 1 is 1.03 bits per heavy atom. The lowest BCUT2D eigenvalue weighted by molar-refractivity contribution is -0.136. The summed E-state index contributed by atoms with van der Waals surface area (Å²) in [7, 11) is 2.05. The second kappa shape index (κ2) is 8.85.